The second-order valence-corrected chi connectivity index (χ2v) is 23.2. The Morgan fingerprint density at radius 2 is 0.769 bits per heavy atom. The van der Waals surface area contributed by atoms with Crippen molar-refractivity contribution in [3.8, 4) is 51.6 Å². The minimum atomic E-state index is -1.19. The van der Waals surface area contributed by atoms with Gasteiger partial charge in [0.25, 0.3) is 6.47 Å². The Kier molecular flexibility index (Phi) is 46.4. The maximum absolute atomic E-state index is 12.7. The number of esters is 2. The monoisotopic (exact) mass is 1720 g/mol. The number of methoxy groups -OCH3 is 3. The number of alkyl halides is 1. The van der Waals surface area contributed by atoms with E-state index in [4.69, 9.17) is 43.2 Å². The minimum Gasteiger partial charge on any atom is -1.00 e. The van der Waals surface area contributed by atoms with Crippen molar-refractivity contribution < 1.29 is 201 Å². The number of aromatic nitrogens is 9. The molecule has 12 rings (SSSR count). The fraction of sp³-hybridized carbons (Fsp3) is 0.194. The molecule has 12 aromatic rings. The number of hydrogen-bond donors (Lipinski definition) is 2. The molecule has 0 bridgehead atoms. The van der Waals surface area contributed by atoms with Gasteiger partial charge in [-0.2, -0.15) is 0 Å². The van der Waals surface area contributed by atoms with Gasteiger partial charge in [-0.05, 0) is 129 Å². The Bertz CT molecular complexity index is 4500. The number of aliphatic carboxylic acids is 1. The predicted octanol–water partition coefficient (Wildman–Crippen LogP) is 6.78. The van der Waals surface area contributed by atoms with E-state index in [2.05, 4.69) is 99.2 Å². The SMILES string of the molecule is C.C.C.C.CCOC(=O)C(Br)c1ccc(Br)cc1.CCOC(=O)C(Oc1ccc(OC)cc1-n1nc2ccccc2n1)c1ccc(Br)cc1.COc1ccc(O)c(-n2nc3ccccc3n2)c1.COc1ccc(OC(C(=O)O)c2ccc(Br)cc2)c(-n2nc3ccccc3n2)c1.O=CO[O-].[H-].[K+].[K+].[Li+].[OH-]. The van der Waals surface area contributed by atoms with Crippen LogP contribution < -0.4 is 151 Å². The Labute approximate surface area is 734 Å². The van der Waals surface area contributed by atoms with Gasteiger partial charge in [0.05, 0.1) is 34.5 Å². The van der Waals surface area contributed by atoms with Crippen LogP contribution in [0, 0.1) is 0 Å². The molecule has 104 heavy (non-hydrogen) atoms. The summed E-state index contributed by atoms with van der Waals surface area (Å²) in [5.41, 5.74) is 8.05. The van der Waals surface area contributed by atoms with Crippen molar-refractivity contribution in [3.05, 3.63) is 230 Å². The summed E-state index contributed by atoms with van der Waals surface area (Å²) in [7, 11) is 4.70. The van der Waals surface area contributed by atoms with Crippen LogP contribution in [0.5, 0.6) is 34.5 Å². The van der Waals surface area contributed by atoms with Crippen LogP contribution >= 0.6 is 63.7 Å². The van der Waals surface area contributed by atoms with E-state index < -0.39 is 24.1 Å². The van der Waals surface area contributed by atoms with Crippen LogP contribution in [0.25, 0.3) is 50.2 Å². The van der Waals surface area contributed by atoms with E-state index in [1.165, 1.54) is 14.4 Å². The van der Waals surface area contributed by atoms with Gasteiger partial charge in [-0.1, -0.05) is 166 Å². The van der Waals surface area contributed by atoms with Gasteiger partial charge in [-0.15, -0.1) is 45.0 Å². The minimum absolute atomic E-state index is 0. The van der Waals surface area contributed by atoms with Gasteiger partial charge in [0.2, 0.25) is 12.2 Å². The molecule has 32 heteroatoms. The molecule has 0 aliphatic carbocycles. The topological polar surface area (TPSA) is 328 Å². The summed E-state index contributed by atoms with van der Waals surface area (Å²) in [5, 5.41) is 54.7. The first kappa shape index (κ1) is 97.6. The van der Waals surface area contributed by atoms with E-state index in [1.54, 1.807) is 114 Å². The van der Waals surface area contributed by atoms with Crippen LogP contribution in [0.2, 0.25) is 0 Å². The van der Waals surface area contributed by atoms with Gasteiger partial charge in [-0.3, -0.25) is 9.59 Å². The van der Waals surface area contributed by atoms with Crippen molar-refractivity contribution in [2.24, 2.45) is 0 Å². The summed E-state index contributed by atoms with van der Waals surface area (Å²) in [6.07, 6.45) is -2.15. The number of carbonyl (C=O) groups is 4. The standard InChI is InChI=1S/C23H20BrN3O4.C21H16BrN3O4.C13H11N3O2.C10H10Br2O2.CH2O3.4CH4.2K.Li.H2O.H/c1-3-30-23(28)22(15-8-10-16(24)11-9-15)31-21-13-12-17(29-2)14-20(21)27-25-18-6-4-5-7-19(18)26-27;1-28-15-10-11-19(29-20(21(26)27)13-6-8-14(22)9-7-13)18(12-15)25-23-16-4-2-3-5-17(16)24-25;1-18-9-6-7-13(17)12(8-9)16-14-10-4-2-3-5-11(10)15-16;1-2-14-10(13)9(12)7-3-5-8(11)6-4-7;2-1-4-3;;;;;;;;;/h4-14,22H,3H2,1-2H3;2-12,20H,1H3,(H,26,27);2-8,17H,1H3;3-6,9H,2H2,1H3;1,3H;4*1H4;;;;1H2;/q;;;;;;;;;3*+1;;-1/p-2. The summed E-state index contributed by atoms with van der Waals surface area (Å²) in [6.45, 7) is 4.02. The number of benzene rings is 9. The average Bonchev–Trinajstić information content (AvgIpc) is 1.72. The molecule has 0 radical (unpaired) electrons. The molecule has 3 N–H and O–H groups in total. The number of fused-ring (bicyclic) bond motifs is 3. The number of halogens is 4. The van der Waals surface area contributed by atoms with Gasteiger partial charge < -0.3 is 60.4 Å². The Hall–Kier alpha value is -6.43. The number of phenols is 1. The molecule has 536 valence electrons. The maximum atomic E-state index is 12.7. The number of rotatable bonds is 19. The number of carbonyl (C=O) groups excluding carboxylic acids is 3. The zero-order valence-corrected chi connectivity index (χ0v) is 67.6. The Balaban J connectivity index is 0. The van der Waals surface area contributed by atoms with Crippen molar-refractivity contribution in [1.82, 2.24) is 45.0 Å². The van der Waals surface area contributed by atoms with Gasteiger partial charge >= 0.3 is 140 Å². The summed E-state index contributed by atoms with van der Waals surface area (Å²) in [4.78, 5) is 51.1. The summed E-state index contributed by atoms with van der Waals surface area (Å²) >= 11 is 13.4. The fourth-order valence-corrected chi connectivity index (χ4v) is 9.93. The zero-order chi connectivity index (χ0) is 68.7. The quantitative estimate of drug-likeness (QED) is 0.0210. The van der Waals surface area contributed by atoms with Crippen molar-refractivity contribution >= 4 is 121 Å². The Morgan fingerprint density at radius 3 is 1.09 bits per heavy atom. The van der Waals surface area contributed by atoms with Gasteiger partial charge in [0, 0.05) is 42.7 Å². The summed E-state index contributed by atoms with van der Waals surface area (Å²) in [5.74, 6) is 0.834. The van der Waals surface area contributed by atoms with E-state index in [1.807, 2.05) is 121 Å². The van der Waals surface area contributed by atoms with E-state index >= 15 is 0 Å². The van der Waals surface area contributed by atoms with Crippen LogP contribution in [0.15, 0.2) is 214 Å². The van der Waals surface area contributed by atoms with Crippen LogP contribution in [-0.4, -0.2) is 120 Å². The first-order valence-electron chi connectivity index (χ1n) is 28.7. The normalized spacial score (nSPS) is 10.6. The number of ether oxygens (including phenoxy) is 7. The molecule has 0 saturated carbocycles. The van der Waals surface area contributed by atoms with Crippen LogP contribution in [-0.2, 0) is 33.5 Å². The fourth-order valence-electron chi connectivity index (χ4n) is 8.70. The van der Waals surface area contributed by atoms with Crippen molar-refractivity contribution in [2.75, 3.05) is 34.5 Å². The molecule has 0 spiro atoms. The van der Waals surface area contributed by atoms with Crippen LogP contribution in [0.1, 0.15) is 78.7 Å². The van der Waals surface area contributed by atoms with Crippen LogP contribution in [0.3, 0.4) is 0 Å². The first-order chi connectivity index (χ1) is 46.5. The molecule has 0 saturated heterocycles. The number of phenolic OH excluding ortho intramolecular Hbond substituents is 1. The molecule has 3 unspecified atom stereocenters. The molecule has 3 atom stereocenters. The second-order valence-electron chi connectivity index (χ2n) is 19.5. The molecule has 0 amide bonds. The molecule has 3 aromatic heterocycles. The average molecular weight is 1730 g/mol. The van der Waals surface area contributed by atoms with Crippen molar-refractivity contribution in [2.45, 2.75) is 60.6 Å². The zero-order valence-electron chi connectivity index (χ0n) is 56.0. The third kappa shape index (κ3) is 27.4. The van der Waals surface area contributed by atoms with Gasteiger partial charge in [-0.25, -0.2) is 9.59 Å². The molecule has 0 aliphatic heterocycles. The van der Waals surface area contributed by atoms with Crippen molar-refractivity contribution in [3.63, 3.8) is 0 Å². The molecule has 25 nitrogen and oxygen atoms in total. The molecule has 0 fully saturated rings. The predicted molar refractivity (Wildman–Crippen MR) is 397 cm³/mol. The number of aromatic hydroxyl groups is 1. The molecular weight excluding hydrogens is 1650 g/mol. The van der Waals surface area contributed by atoms with Crippen LogP contribution in [0.4, 0.5) is 0 Å². The first-order valence-corrected chi connectivity index (χ1v) is 32.0. The van der Waals surface area contributed by atoms with Crippen molar-refractivity contribution in [1.29, 1.82) is 0 Å². The van der Waals surface area contributed by atoms with E-state index in [0.29, 0.717) is 74.6 Å². The van der Waals surface area contributed by atoms with E-state index in [0.717, 1.165) is 41.0 Å². The number of hydrogen-bond acceptors (Lipinski definition) is 21. The number of nitrogens with zero attached hydrogens (tertiary/aromatic N) is 9. The number of carboxylic acid groups (broad SMARTS) is 1. The summed E-state index contributed by atoms with van der Waals surface area (Å²) in [6, 6.07) is 59.6. The van der Waals surface area contributed by atoms with Gasteiger partial charge in [0.1, 0.15) is 89.5 Å². The molecule has 0 aliphatic rings. The smallest absolute Gasteiger partial charge is 1.00 e. The second kappa shape index (κ2) is 49.4. The van der Waals surface area contributed by atoms with E-state index in [9.17, 15) is 24.6 Å². The third-order valence-electron chi connectivity index (χ3n) is 13.3. The van der Waals surface area contributed by atoms with E-state index in [-0.39, 0.29) is 188 Å². The molecular formula is C72H76Br4K2LiN9O16. The van der Waals surface area contributed by atoms with Gasteiger partial charge in [0.15, 0.2) is 0 Å². The molecule has 3 heterocycles. The number of carboxylic acids is 1. The third-order valence-corrected chi connectivity index (χ3v) is 15.8. The summed E-state index contributed by atoms with van der Waals surface area (Å²) < 4.78 is 40.8. The largest absolute Gasteiger partial charge is 1.00 e. The Morgan fingerprint density at radius 1 is 0.481 bits per heavy atom. The molecule has 9 aromatic carbocycles. The maximum Gasteiger partial charge on any atom is 1.00 e.